The largest absolute Gasteiger partial charge is 0.493 e. The number of fused-ring (bicyclic) bond motifs is 1. The highest BCUT2D eigenvalue weighted by atomic mass is 79.9. The third kappa shape index (κ3) is 2.86. The molecule has 0 saturated carbocycles. The van der Waals surface area contributed by atoms with Crippen LogP contribution < -0.4 is 9.47 Å². The fourth-order valence-corrected chi connectivity index (χ4v) is 5.89. The maximum Gasteiger partial charge on any atom is 0.161 e. The molecule has 2 aromatic heterocycles. The van der Waals surface area contributed by atoms with Crippen LogP contribution in [0.25, 0.3) is 9.40 Å². The highest BCUT2D eigenvalue weighted by Crippen LogP contribution is 2.45. The molecule has 0 aliphatic carbocycles. The van der Waals surface area contributed by atoms with Gasteiger partial charge in [-0.1, -0.05) is 31.9 Å². The second kappa shape index (κ2) is 6.28. The van der Waals surface area contributed by atoms with E-state index in [0.717, 1.165) is 21.5 Å². The number of methoxy groups -OCH3 is 2. The van der Waals surface area contributed by atoms with Crippen LogP contribution in [-0.2, 0) is 0 Å². The van der Waals surface area contributed by atoms with Crippen LogP contribution in [0.3, 0.4) is 0 Å². The number of halogens is 2. The normalized spacial score (nSPS) is 12.6. The van der Waals surface area contributed by atoms with Crippen LogP contribution in [0, 0.1) is 0 Å². The van der Waals surface area contributed by atoms with Crippen LogP contribution >= 0.6 is 54.5 Å². The standard InChI is InChI=1S/C15H12Br2O2S2/c1-18-10-5-8(9(16)6-11(10)19-2)15(17)14-7-13-12(21-14)3-4-20-13/h3-7,15H,1-2H3. The molecule has 1 atom stereocenters. The van der Waals surface area contributed by atoms with Gasteiger partial charge in [0.1, 0.15) is 0 Å². The highest BCUT2D eigenvalue weighted by molar-refractivity contribution is 9.11. The van der Waals surface area contributed by atoms with E-state index in [-0.39, 0.29) is 4.83 Å². The van der Waals surface area contributed by atoms with E-state index in [9.17, 15) is 0 Å². The summed E-state index contributed by atoms with van der Waals surface area (Å²) in [6.45, 7) is 0. The Kier molecular flexibility index (Phi) is 4.59. The van der Waals surface area contributed by atoms with Crippen LogP contribution in [0.4, 0.5) is 0 Å². The Balaban J connectivity index is 2.04. The van der Waals surface area contributed by atoms with Crippen molar-refractivity contribution in [3.05, 3.63) is 44.6 Å². The summed E-state index contributed by atoms with van der Waals surface area (Å²) in [7, 11) is 3.29. The first-order chi connectivity index (χ1) is 10.1. The molecular weight excluding hydrogens is 436 g/mol. The molecule has 2 heterocycles. The Labute approximate surface area is 148 Å². The van der Waals surface area contributed by atoms with E-state index in [1.54, 1.807) is 25.6 Å². The van der Waals surface area contributed by atoms with Gasteiger partial charge in [-0.05, 0) is 35.2 Å². The monoisotopic (exact) mass is 446 g/mol. The molecule has 21 heavy (non-hydrogen) atoms. The SMILES string of the molecule is COc1cc(Br)c(C(Br)c2cc3sccc3s2)cc1OC. The Morgan fingerprint density at radius 1 is 1.05 bits per heavy atom. The molecule has 0 fully saturated rings. The predicted molar refractivity (Wildman–Crippen MR) is 97.7 cm³/mol. The first kappa shape index (κ1) is 15.3. The lowest BCUT2D eigenvalue weighted by Crippen LogP contribution is -1.96. The fraction of sp³-hybridized carbons (Fsp3) is 0.200. The van der Waals surface area contributed by atoms with Gasteiger partial charge in [-0.15, -0.1) is 22.7 Å². The molecule has 0 amide bonds. The van der Waals surface area contributed by atoms with Crippen molar-refractivity contribution in [3.8, 4) is 11.5 Å². The van der Waals surface area contributed by atoms with Crippen molar-refractivity contribution in [2.75, 3.05) is 14.2 Å². The van der Waals surface area contributed by atoms with E-state index in [1.807, 2.05) is 23.5 Å². The summed E-state index contributed by atoms with van der Waals surface area (Å²) in [5.41, 5.74) is 1.13. The van der Waals surface area contributed by atoms with Gasteiger partial charge in [0.25, 0.3) is 0 Å². The second-order valence-corrected chi connectivity index (χ2v) is 8.22. The maximum absolute atomic E-state index is 5.40. The average molecular weight is 448 g/mol. The van der Waals surface area contributed by atoms with Gasteiger partial charge in [0.05, 0.1) is 19.0 Å². The number of benzene rings is 1. The first-order valence-corrected chi connectivity index (χ1v) is 9.57. The zero-order chi connectivity index (χ0) is 15.0. The Bertz CT molecular complexity index is 751. The maximum atomic E-state index is 5.40. The van der Waals surface area contributed by atoms with Crippen LogP contribution in [-0.4, -0.2) is 14.2 Å². The highest BCUT2D eigenvalue weighted by Gasteiger charge is 2.19. The van der Waals surface area contributed by atoms with E-state index in [1.165, 1.54) is 14.3 Å². The molecule has 0 saturated heterocycles. The minimum Gasteiger partial charge on any atom is -0.493 e. The van der Waals surface area contributed by atoms with Gasteiger partial charge in [-0.3, -0.25) is 0 Å². The van der Waals surface area contributed by atoms with Gasteiger partial charge < -0.3 is 9.47 Å². The summed E-state index contributed by atoms with van der Waals surface area (Å²) in [6, 6.07) is 8.36. The molecule has 0 bridgehead atoms. The summed E-state index contributed by atoms with van der Waals surface area (Å²) < 4.78 is 14.4. The predicted octanol–water partition coefficient (Wildman–Crippen LogP) is 6.23. The van der Waals surface area contributed by atoms with E-state index < -0.39 is 0 Å². The van der Waals surface area contributed by atoms with Gasteiger partial charge in [0.15, 0.2) is 11.5 Å². The molecule has 2 nitrogen and oxygen atoms in total. The van der Waals surface area contributed by atoms with E-state index >= 15 is 0 Å². The Hall–Kier alpha value is -0.560. The molecule has 6 heteroatoms. The van der Waals surface area contributed by atoms with Crippen molar-refractivity contribution in [2.24, 2.45) is 0 Å². The second-order valence-electron chi connectivity index (χ2n) is 4.39. The summed E-state index contributed by atoms with van der Waals surface area (Å²) in [5.74, 6) is 1.46. The first-order valence-electron chi connectivity index (χ1n) is 6.16. The van der Waals surface area contributed by atoms with Crippen molar-refractivity contribution < 1.29 is 9.47 Å². The van der Waals surface area contributed by atoms with Gasteiger partial charge in [-0.2, -0.15) is 0 Å². The third-order valence-corrected chi connectivity index (χ3v) is 7.32. The van der Waals surface area contributed by atoms with Crippen molar-refractivity contribution in [1.82, 2.24) is 0 Å². The quantitative estimate of drug-likeness (QED) is 0.441. The van der Waals surface area contributed by atoms with Crippen molar-refractivity contribution >= 4 is 63.9 Å². The average Bonchev–Trinajstić information content (AvgIpc) is 3.07. The lowest BCUT2D eigenvalue weighted by Gasteiger charge is -2.15. The summed E-state index contributed by atoms with van der Waals surface area (Å²) >= 11 is 11.0. The number of thiophene rings is 2. The molecule has 0 aliphatic rings. The molecule has 110 valence electrons. The molecule has 0 aliphatic heterocycles. The van der Waals surface area contributed by atoms with E-state index in [0.29, 0.717) is 0 Å². The van der Waals surface area contributed by atoms with Gasteiger partial charge in [0, 0.05) is 18.7 Å². The molecule has 3 rings (SSSR count). The van der Waals surface area contributed by atoms with Crippen LogP contribution in [0.15, 0.2) is 34.1 Å². The van der Waals surface area contributed by atoms with Crippen LogP contribution in [0.1, 0.15) is 15.3 Å². The molecular formula is C15H12Br2O2S2. The van der Waals surface area contributed by atoms with E-state index in [4.69, 9.17) is 9.47 Å². The third-order valence-electron chi connectivity index (χ3n) is 3.18. The number of hydrogen-bond acceptors (Lipinski definition) is 4. The Morgan fingerprint density at radius 3 is 2.43 bits per heavy atom. The minimum atomic E-state index is 0.122. The zero-order valence-electron chi connectivity index (χ0n) is 11.4. The molecule has 0 N–H and O–H groups in total. The van der Waals surface area contributed by atoms with Crippen molar-refractivity contribution in [1.29, 1.82) is 0 Å². The summed E-state index contributed by atoms with van der Waals surface area (Å²) in [6.07, 6.45) is 0. The van der Waals surface area contributed by atoms with Crippen LogP contribution in [0.2, 0.25) is 0 Å². The number of ether oxygens (including phenoxy) is 2. The number of alkyl halides is 1. The van der Waals surface area contributed by atoms with Gasteiger partial charge in [0.2, 0.25) is 0 Å². The number of rotatable bonds is 4. The lowest BCUT2D eigenvalue weighted by molar-refractivity contribution is 0.354. The summed E-state index contributed by atoms with van der Waals surface area (Å²) in [4.78, 5) is 1.40. The molecule has 3 aromatic rings. The van der Waals surface area contributed by atoms with Gasteiger partial charge in [-0.25, -0.2) is 0 Å². The van der Waals surface area contributed by atoms with Gasteiger partial charge >= 0.3 is 0 Å². The fourth-order valence-electron chi connectivity index (χ4n) is 2.13. The topological polar surface area (TPSA) is 18.5 Å². The smallest absolute Gasteiger partial charge is 0.161 e. The Morgan fingerprint density at radius 2 is 1.76 bits per heavy atom. The van der Waals surface area contributed by atoms with Crippen LogP contribution in [0.5, 0.6) is 11.5 Å². The molecule has 0 radical (unpaired) electrons. The summed E-state index contributed by atoms with van der Waals surface area (Å²) in [5, 5.41) is 2.13. The van der Waals surface area contributed by atoms with E-state index in [2.05, 4.69) is 49.4 Å². The van der Waals surface area contributed by atoms with Crippen molar-refractivity contribution in [3.63, 3.8) is 0 Å². The number of hydrogen-bond donors (Lipinski definition) is 0. The lowest BCUT2D eigenvalue weighted by atomic mass is 10.1. The zero-order valence-corrected chi connectivity index (χ0v) is 16.2. The molecule has 1 unspecified atom stereocenters. The van der Waals surface area contributed by atoms with Crippen molar-refractivity contribution in [2.45, 2.75) is 4.83 Å². The molecule has 0 spiro atoms. The minimum absolute atomic E-state index is 0.122. The molecule has 1 aromatic carbocycles.